The molecule has 88 valence electrons. The molecule has 0 radical (unpaired) electrons. The van der Waals surface area contributed by atoms with E-state index in [1.54, 1.807) is 20.8 Å². The molecule has 0 spiro atoms. The smallest absolute Gasteiger partial charge is 0.186 e. The lowest BCUT2D eigenvalue weighted by Crippen LogP contribution is -2.28. The molecule has 0 N–H and O–H groups in total. The third-order valence-electron chi connectivity index (χ3n) is 2.15. The number of aromatic nitrogens is 1. The minimum atomic E-state index is -3.55. The van der Waals surface area contributed by atoms with Gasteiger partial charge in [-0.05, 0) is 12.1 Å². The highest BCUT2D eigenvalue weighted by Gasteiger charge is 2.27. The van der Waals surface area contributed by atoms with Gasteiger partial charge in [-0.25, -0.2) is 8.42 Å². The molecule has 1 heterocycles. The maximum Gasteiger partial charge on any atom is 0.186 e. The molecule has 0 atom stereocenters. The summed E-state index contributed by atoms with van der Waals surface area (Å²) in [5.41, 5.74) is -0.644. The SMILES string of the molecule is CC(C)(C)C(=O)CS(=O)(=O)c1cccnc1. The van der Waals surface area contributed by atoms with Crippen LogP contribution in [0.15, 0.2) is 29.4 Å². The fraction of sp³-hybridized carbons (Fsp3) is 0.455. The van der Waals surface area contributed by atoms with E-state index in [2.05, 4.69) is 4.98 Å². The van der Waals surface area contributed by atoms with Crippen molar-refractivity contribution < 1.29 is 13.2 Å². The molecule has 0 aromatic carbocycles. The fourth-order valence-electron chi connectivity index (χ4n) is 1.00. The predicted octanol–water partition coefficient (Wildman–Crippen LogP) is 1.47. The summed E-state index contributed by atoms with van der Waals surface area (Å²) < 4.78 is 23.7. The van der Waals surface area contributed by atoms with Gasteiger partial charge in [0.05, 0.1) is 4.90 Å². The van der Waals surface area contributed by atoms with Gasteiger partial charge in [-0.3, -0.25) is 9.78 Å². The number of carbonyl (C=O) groups excluding carboxylic acids is 1. The Morgan fingerprint density at radius 3 is 2.44 bits per heavy atom. The van der Waals surface area contributed by atoms with Crippen LogP contribution >= 0.6 is 0 Å². The van der Waals surface area contributed by atoms with Crippen molar-refractivity contribution in [3.05, 3.63) is 24.5 Å². The lowest BCUT2D eigenvalue weighted by atomic mass is 9.92. The Bertz CT molecular complexity index is 472. The third-order valence-corrected chi connectivity index (χ3v) is 3.75. The molecule has 1 aromatic heterocycles. The molecule has 4 nitrogen and oxygen atoms in total. The van der Waals surface area contributed by atoms with Crippen LogP contribution < -0.4 is 0 Å². The first-order valence-electron chi connectivity index (χ1n) is 4.89. The zero-order valence-electron chi connectivity index (χ0n) is 9.60. The maximum absolute atomic E-state index is 11.8. The molecule has 0 fully saturated rings. The zero-order valence-corrected chi connectivity index (χ0v) is 10.4. The standard InChI is InChI=1S/C11H15NO3S/c1-11(2,3)10(13)8-16(14,15)9-5-4-6-12-7-9/h4-7H,8H2,1-3H3. The predicted molar refractivity (Wildman–Crippen MR) is 60.8 cm³/mol. The van der Waals surface area contributed by atoms with E-state index in [4.69, 9.17) is 0 Å². The lowest BCUT2D eigenvalue weighted by molar-refractivity contribution is -0.123. The van der Waals surface area contributed by atoms with E-state index in [0.29, 0.717) is 0 Å². The van der Waals surface area contributed by atoms with E-state index >= 15 is 0 Å². The molecule has 0 bridgehead atoms. The van der Waals surface area contributed by atoms with Gasteiger partial charge in [-0.2, -0.15) is 0 Å². The summed E-state index contributed by atoms with van der Waals surface area (Å²) >= 11 is 0. The average molecular weight is 241 g/mol. The second-order valence-corrected chi connectivity index (χ2v) is 6.61. The van der Waals surface area contributed by atoms with Crippen LogP contribution in [0.4, 0.5) is 0 Å². The monoisotopic (exact) mass is 241 g/mol. The Morgan fingerprint density at radius 2 is 2.00 bits per heavy atom. The van der Waals surface area contributed by atoms with E-state index in [9.17, 15) is 13.2 Å². The Labute approximate surface area is 95.6 Å². The van der Waals surface area contributed by atoms with Crippen molar-refractivity contribution in [3.63, 3.8) is 0 Å². The van der Waals surface area contributed by atoms with E-state index in [0.717, 1.165) is 0 Å². The van der Waals surface area contributed by atoms with Crippen LogP contribution in [0.5, 0.6) is 0 Å². The first kappa shape index (κ1) is 12.8. The summed E-state index contributed by atoms with van der Waals surface area (Å²) in [6.45, 7) is 5.11. The lowest BCUT2D eigenvalue weighted by Gasteiger charge is -2.16. The van der Waals surface area contributed by atoms with Crippen LogP contribution in [0, 0.1) is 5.41 Å². The van der Waals surface area contributed by atoms with Gasteiger partial charge < -0.3 is 0 Å². The summed E-state index contributed by atoms with van der Waals surface area (Å²) in [4.78, 5) is 15.5. The second-order valence-electron chi connectivity index (χ2n) is 4.62. The van der Waals surface area contributed by atoms with Crippen molar-refractivity contribution in [1.82, 2.24) is 4.98 Å². The number of hydrogen-bond donors (Lipinski definition) is 0. The van der Waals surface area contributed by atoms with Crippen LogP contribution in [0.25, 0.3) is 0 Å². The highest BCUT2D eigenvalue weighted by molar-refractivity contribution is 7.92. The minimum Gasteiger partial charge on any atom is -0.298 e. The molecule has 0 saturated carbocycles. The highest BCUT2D eigenvalue weighted by atomic mass is 32.2. The van der Waals surface area contributed by atoms with Crippen LogP contribution in [0.1, 0.15) is 20.8 Å². The van der Waals surface area contributed by atoms with E-state index < -0.39 is 21.0 Å². The summed E-state index contributed by atoms with van der Waals surface area (Å²) in [7, 11) is -3.55. The minimum absolute atomic E-state index is 0.0904. The van der Waals surface area contributed by atoms with Crippen LogP contribution in [0.2, 0.25) is 0 Å². The number of carbonyl (C=O) groups is 1. The number of pyridine rings is 1. The second kappa shape index (κ2) is 4.33. The molecule has 1 rings (SSSR count). The molecule has 0 saturated heterocycles. The normalized spacial score (nSPS) is 12.4. The van der Waals surface area contributed by atoms with Crippen LogP contribution in [-0.4, -0.2) is 24.9 Å². The molecule has 0 amide bonds. The molecule has 0 aliphatic heterocycles. The van der Waals surface area contributed by atoms with Crippen molar-refractivity contribution in [2.75, 3.05) is 5.75 Å². The topological polar surface area (TPSA) is 64.1 Å². The van der Waals surface area contributed by atoms with Crippen molar-refractivity contribution in [3.8, 4) is 0 Å². The average Bonchev–Trinajstić information content (AvgIpc) is 2.17. The summed E-state index contributed by atoms with van der Waals surface area (Å²) in [5, 5.41) is 0. The van der Waals surface area contributed by atoms with Gasteiger partial charge in [0.2, 0.25) is 0 Å². The van der Waals surface area contributed by atoms with Gasteiger partial charge in [-0.15, -0.1) is 0 Å². The van der Waals surface area contributed by atoms with Gasteiger partial charge in [0, 0.05) is 17.8 Å². The van der Waals surface area contributed by atoms with Crippen LogP contribution in [-0.2, 0) is 14.6 Å². The summed E-state index contributed by atoms with van der Waals surface area (Å²) in [5.74, 6) is -0.765. The van der Waals surface area contributed by atoms with E-state index in [-0.39, 0.29) is 10.7 Å². The Balaban J connectivity index is 2.95. The number of sulfone groups is 1. The van der Waals surface area contributed by atoms with E-state index in [1.165, 1.54) is 24.5 Å². The van der Waals surface area contributed by atoms with Crippen LogP contribution in [0.3, 0.4) is 0 Å². The Morgan fingerprint density at radius 1 is 1.38 bits per heavy atom. The van der Waals surface area contributed by atoms with Crippen molar-refractivity contribution in [2.45, 2.75) is 25.7 Å². The van der Waals surface area contributed by atoms with Gasteiger partial charge in [0.1, 0.15) is 5.75 Å². The molecule has 0 aliphatic carbocycles. The Hall–Kier alpha value is -1.23. The van der Waals surface area contributed by atoms with Crippen molar-refractivity contribution in [1.29, 1.82) is 0 Å². The molecular formula is C11H15NO3S. The quantitative estimate of drug-likeness (QED) is 0.804. The largest absolute Gasteiger partial charge is 0.298 e. The first-order chi connectivity index (χ1) is 7.23. The molecule has 5 heteroatoms. The number of ketones is 1. The zero-order chi connectivity index (χ0) is 12.4. The Kier molecular flexibility index (Phi) is 3.48. The number of hydrogen-bond acceptors (Lipinski definition) is 4. The van der Waals surface area contributed by atoms with Gasteiger partial charge >= 0.3 is 0 Å². The van der Waals surface area contributed by atoms with Crippen molar-refractivity contribution >= 4 is 15.6 Å². The van der Waals surface area contributed by atoms with Gasteiger partial charge in [-0.1, -0.05) is 20.8 Å². The molecule has 1 aromatic rings. The highest BCUT2D eigenvalue weighted by Crippen LogP contribution is 2.18. The molecule has 0 aliphatic rings. The number of Topliss-reactive ketones (excluding diaryl/α,β-unsaturated/α-hetero) is 1. The third kappa shape index (κ3) is 3.13. The van der Waals surface area contributed by atoms with E-state index in [1.807, 2.05) is 0 Å². The number of rotatable bonds is 3. The first-order valence-corrected chi connectivity index (χ1v) is 6.55. The summed E-state index contributed by atoms with van der Waals surface area (Å²) in [6.07, 6.45) is 2.75. The van der Waals surface area contributed by atoms with Gasteiger partial charge in [0.25, 0.3) is 0 Å². The number of nitrogens with zero attached hydrogens (tertiary/aromatic N) is 1. The molecule has 0 unspecified atom stereocenters. The molecule has 16 heavy (non-hydrogen) atoms. The maximum atomic E-state index is 11.8. The summed E-state index contributed by atoms with van der Waals surface area (Å²) in [6, 6.07) is 2.98. The van der Waals surface area contributed by atoms with Gasteiger partial charge in [0.15, 0.2) is 15.6 Å². The molecular weight excluding hydrogens is 226 g/mol. The van der Waals surface area contributed by atoms with Crippen molar-refractivity contribution in [2.24, 2.45) is 5.41 Å². The fourth-order valence-corrected chi connectivity index (χ4v) is 2.46.